The van der Waals surface area contributed by atoms with Gasteiger partial charge in [-0.05, 0) is 34.0 Å². The van der Waals surface area contributed by atoms with E-state index in [1.807, 2.05) is 6.92 Å². The summed E-state index contributed by atoms with van der Waals surface area (Å²) >= 11 is 3.03. The molecule has 18 heavy (non-hydrogen) atoms. The third-order valence-electron chi connectivity index (χ3n) is 2.88. The summed E-state index contributed by atoms with van der Waals surface area (Å²) in [6.45, 7) is 2.98. The largest absolute Gasteiger partial charge is 0.417 e. The zero-order valence-corrected chi connectivity index (χ0v) is 11.2. The average molecular weight is 322 g/mol. The smallest absolute Gasteiger partial charge is 0.338 e. The first-order valence-corrected chi connectivity index (χ1v) is 6.25. The topological polar surface area (TPSA) is 20.3 Å². The van der Waals surface area contributed by atoms with E-state index >= 15 is 0 Å². The summed E-state index contributed by atoms with van der Waals surface area (Å²) in [5, 5.41) is 0. The van der Waals surface area contributed by atoms with Crippen LogP contribution in [0.1, 0.15) is 22.8 Å². The van der Waals surface area contributed by atoms with Crippen LogP contribution in [0.2, 0.25) is 0 Å². The van der Waals surface area contributed by atoms with Gasteiger partial charge in [0, 0.05) is 17.6 Å². The second kappa shape index (κ2) is 4.57. The first-order valence-electron chi connectivity index (χ1n) is 5.45. The average Bonchev–Trinajstić information content (AvgIpc) is 2.22. The molecule has 1 fully saturated rings. The lowest BCUT2D eigenvalue weighted by molar-refractivity contribution is -0.138. The van der Waals surface area contributed by atoms with Crippen LogP contribution >= 0.6 is 15.9 Å². The van der Waals surface area contributed by atoms with E-state index in [1.54, 1.807) is 0 Å². The van der Waals surface area contributed by atoms with Crippen LogP contribution in [0.5, 0.6) is 0 Å². The van der Waals surface area contributed by atoms with Gasteiger partial charge in [-0.25, -0.2) is 0 Å². The van der Waals surface area contributed by atoms with Crippen molar-refractivity contribution in [1.29, 1.82) is 0 Å². The Morgan fingerprint density at radius 1 is 1.39 bits per heavy atom. The minimum absolute atomic E-state index is 0.182. The zero-order chi connectivity index (χ0) is 13.5. The van der Waals surface area contributed by atoms with E-state index in [2.05, 4.69) is 15.9 Å². The molecule has 6 heteroatoms. The highest BCUT2D eigenvalue weighted by Crippen LogP contribution is 2.36. The molecule has 0 aromatic heterocycles. The molecule has 1 aromatic rings. The Morgan fingerprint density at radius 3 is 2.50 bits per heavy atom. The molecule has 1 aliphatic heterocycles. The number of alkyl halides is 3. The quantitative estimate of drug-likeness (QED) is 0.774. The molecule has 1 aromatic carbocycles. The summed E-state index contributed by atoms with van der Waals surface area (Å²) in [5.41, 5.74) is -1.18. The maximum Gasteiger partial charge on any atom is 0.417 e. The Morgan fingerprint density at radius 2 is 2.00 bits per heavy atom. The number of hydrogen-bond acceptors (Lipinski definition) is 1. The van der Waals surface area contributed by atoms with E-state index in [9.17, 15) is 18.0 Å². The molecule has 1 amide bonds. The minimum Gasteiger partial charge on any atom is -0.338 e. The number of hydrogen-bond donors (Lipinski definition) is 0. The van der Waals surface area contributed by atoms with E-state index in [-0.39, 0.29) is 10.0 Å². The molecule has 0 N–H and O–H groups in total. The molecule has 1 saturated heterocycles. The maximum atomic E-state index is 12.9. The summed E-state index contributed by atoms with van der Waals surface area (Å²) in [7, 11) is 0. The number of carbonyl (C=O) groups is 1. The molecule has 0 aliphatic carbocycles. The van der Waals surface area contributed by atoms with Crippen LogP contribution in [0, 0.1) is 5.92 Å². The van der Waals surface area contributed by atoms with Crippen LogP contribution in [0.15, 0.2) is 22.7 Å². The van der Waals surface area contributed by atoms with Crippen molar-refractivity contribution >= 4 is 21.8 Å². The van der Waals surface area contributed by atoms with Crippen molar-refractivity contribution in [2.75, 3.05) is 13.1 Å². The van der Waals surface area contributed by atoms with E-state index in [1.165, 1.54) is 17.0 Å². The summed E-state index contributed by atoms with van der Waals surface area (Å²) < 4.78 is 38.8. The Labute approximate surface area is 111 Å². The van der Waals surface area contributed by atoms with Crippen LogP contribution < -0.4 is 0 Å². The Kier molecular flexibility index (Phi) is 3.40. The third kappa shape index (κ3) is 2.39. The molecule has 0 saturated carbocycles. The van der Waals surface area contributed by atoms with Gasteiger partial charge in [0.1, 0.15) is 0 Å². The van der Waals surface area contributed by atoms with Gasteiger partial charge in [0.15, 0.2) is 0 Å². The lowest BCUT2D eigenvalue weighted by atomic mass is 9.99. The van der Waals surface area contributed by atoms with Gasteiger partial charge in [0.2, 0.25) is 0 Å². The molecule has 1 aliphatic rings. The summed E-state index contributed by atoms with van der Waals surface area (Å²) in [6.07, 6.45) is -4.52. The van der Waals surface area contributed by atoms with Gasteiger partial charge >= 0.3 is 6.18 Å². The number of halogens is 4. The van der Waals surface area contributed by atoms with Crippen molar-refractivity contribution in [3.8, 4) is 0 Å². The highest BCUT2D eigenvalue weighted by molar-refractivity contribution is 9.10. The Hall–Kier alpha value is -1.04. The van der Waals surface area contributed by atoms with E-state index < -0.39 is 17.6 Å². The number of carbonyl (C=O) groups excluding carboxylic acids is 1. The van der Waals surface area contributed by atoms with E-state index in [0.717, 1.165) is 6.07 Å². The first-order chi connectivity index (χ1) is 8.30. The fraction of sp³-hybridized carbons (Fsp3) is 0.417. The summed E-state index contributed by atoms with van der Waals surface area (Å²) in [4.78, 5) is 13.5. The highest BCUT2D eigenvalue weighted by Gasteiger charge is 2.39. The summed E-state index contributed by atoms with van der Waals surface area (Å²) in [5.74, 6) is -0.210. The van der Waals surface area contributed by atoms with Gasteiger partial charge in [0.05, 0.1) is 11.1 Å². The standard InChI is InChI=1S/C12H11BrF3NO/c1-7-5-17(6-7)11(18)10-8(12(14,15)16)3-2-4-9(10)13/h2-4,7H,5-6H2,1H3. The van der Waals surface area contributed by atoms with Gasteiger partial charge in [0.25, 0.3) is 5.91 Å². The predicted molar refractivity (Wildman–Crippen MR) is 64.2 cm³/mol. The van der Waals surface area contributed by atoms with Gasteiger partial charge < -0.3 is 4.90 Å². The minimum atomic E-state index is -4.52. The molecular formula is C12H11BrF3NO. The van der Waals surface area contributed by atoms with Crippen molar-refractivity contribution in [3.05, 3.63) is 33.8 Å². The number of amides is 1. The van der Waals surface area contributed by atoms with Crippen LogP contribution in [0.4, 0.5) is 13.2 Å². The lowest BCUT2D eigenvalue weighted by Crippen LogP contribution is -2.49. The lowest BCUT2D eigenvalue weighted by Gasteiger charge is -2.37. The van der Waals surface area contributed by atoms with Crippen molar-refractivity contribution in [2.45, 2.75) is 13.1 Å². The fourth-order valence-corrected chi connectivity index (χ4v) is 2.54. The molecule has 98 valence electrons. The summed E-state index contributed by atoms with van der Waals surface area (Å²) in [6, 6.07) is 3.66. The zero-order valence-electron chi connectivity index (χ0n) is 9.59. The van der Waals surface area contributed by atoms with Crippen LogP contribution in [-0.2, 0) is 6.18 Å². The monoisotopic (exact) mass is 321 g/mol. The van der Waals surface area contributed by atoms with Gasteiger partial charge in [-0.15, -0.1) is 0 Å². The number of rotatable bonds is 1. The molecule has 2 nitrogen and oxygen atoms in total. The van der Waals surface area contributed by atoms with Gasteiger partial charge in [-0.3, -0.25) is 4.79 Å². The molecule has 0 atom stereocenters. The van der Waals surface area contributed by atoms with Crippen molar-refractivity contribution in [3.63, 3.8) is 0 Å². The molecule has 0 radical (unpaired) electrons. The fourth-order valence-electron chi connectivity index (χ4n) is 2.00. The molecule has 0 bridgehead atoms. The maximum absolute atomic E-state index is 12.9. The first kappa shape index (κ1) is 13.4. The van der Waals surface area contributed by atoms with Crippen molar-refractivity contribution < 1.29 is 18.0 Å². The van der Waals surface area contributed by atoms with E-state index in [4.69, 9.17) is 0 Å². The van der Waals surface area contributed by atoms with Crippen molar-refractivity contribution in [2.24, 2.45) is 5.92 Å². The molecule has 0 spiro atoms. The van der Waals surface area contributed by atoms with Crippen LogP contribution in [0.25, 0.3) is 0 Å². The number of likely N-dealkylation sites (tertiary alicyclic amines) is 1. The highest BCUT2D eigenvalue weighted by atomic mass is 79.9. The molecule has 1 heterocycles. The van der Waals surface area contributed by atoms with E-state index in [0.29, 0.717) is 19.0 Å². The Balaban J connectivity index is 2.40. The van der Waals surface area contributed by atoms with Crippen LogP contribution in [0.3, 0.4) is 0 Å². The predicted octanol–water partition coefficient (Wildman–Crippen LogP) is 3.56. The second-order valence-electron chi connectivity index (χ2n) is 4.48. The van der Waals surface area contributed by atoms with Gasteiger partial charge in [-0.2, -0.15) is 13.2 Å². The molecule has 0 unspecified atom stereocenters. The second-order valence-corrected chi connectivity index (χ2v) is 5.33. The Bertz CT molecular complexity index is 481. The SMILES string of the molecule is CC1CN(C(=O)c2c(Br)cccc2C(F)(F)F)C1. The number of nitrogens with zero attached hydrogens (tertiary/aromatic N) is 1. The molecule has 2 rings (SSSR count). The van der Waals surface area contributed by atoms with Crippen molar-refractivity contribution in [1.82, 2.24) is 4.90 Å². The normalized spacial score (nSPS) is 16.6. The molecular weight excluding hydrogens is 311 g/mol. The van der Waals surface area contributed by atoms with Gasteiger partial charge in [-0.1, -0.05) is 13.0 Å². The number of benzene rings is 1. The van der Waals surface area contributed by atoms with Crippen LogP contribution in [-0.4, -0.2) is 23.9 Å². The third-order valence-corrected chi connectivity index (χ3v) is 3.55.